The Morgan fingerprint density at radius 2 is 1.38 bits per heavy atom. The van der Waals surface area contributed by atoms with Gasteiger partial charge in [0.25, 0.3) is 0 Å². The fourth-order valence-electron chi connectivity index (χ4n) is 3.19. The molecule has 21 heavy (non-hydrogen) atoms. The Labute approximate surface area is 124 Å². The molecule has 4 rings (SSSR count). The van der Waals surface area contributed by atoms with E-state index in [1.165, 1.54) is 38.6 Å². The second kappa shape index (κ2) is 4.49. The molecule has 1 heteroatoms. The number of benzene rings is 3. The highest BCUT2D eigenvalue weighted by atomic mass is 15.0. The lowest BCUT2D eigenvalue weighted by molar-refractivity contribution is 1.18. The van der Waals surface area contributed by atoms with Crippen molar-refractivity contribution in [3.63, 3.8) is 0 Å². The highest BCUT2D eigenvalue weighted by Gasteiger charge is 2.13. The first-order chi connectivity index (χ1) is 10.3. The standard InChI is InChI=1S/C20H17N/c1-14-12-13-19-20(15(14)2)17-10-6-7-11-18(17)21(19)16-8-4-3-5-9-16/h3-13H,1-2H3. The molecule has 0 saturated heterocycles. The fraction of sp³-hybridized carbons (Fsp3) is 0.100. The van der Waals surface area contributed by atoms with Crippen molar-refractivity contribution in [1.29, 1.82) is 0 Å². The van der Waals surface area contributed by atoms with Gasteiger partial charge < -0.3 is 4.57 Å². The van der Waals surface area contributed by atoms with E-state index in [0.717, 1.165) is 0 Å². The van der Waals surface area contributed by atoms with Gasteiger partial charge in [0, 0.05) is 16.5 Å². The van der Waals surface area contributed by atoms with E-state index in [2.05, 4.69) is 85.1 Å². The van der Waals surface area contributed by atoms with Crippen LogP contribution in [-0.2, 0) is 0 Å². The third-order valence-electron chi connectivity index (χ3n) is 4.38. The van der Waals surface area contributed by atoms with Crippen LogP contribution in [0.1, 0.15) is 11.1 Å². The summed E-state index contributed by atoms with van der Waals surface area (Å²) in [6, 6.07) is 23.7. The van der Waals surface area contributed by atoms with Gasteiger partial charge in [-0.2, -0.15) is 0 Å². The molecule has 0 radical (unpaired) electrons. The summed E-state index contributed by atoms with van der Waals surface area (Å²) < 4.78 is 2.36. The smallest absolute Gasteiger partial charge is 0.0543 e. The SMILES string of the molecule is Cc1ccc2c(c1C)c1ccccc1n2-c1ccccc1. The van der Waals surface area contributed by atoms with E-state index >= 15 is 0 Å². The largest absolute Gasteiger partial charge is 0.309 e. The summed E-state index contributed by atoms with van der Waals surface area (Å²) in [5, 5.41) is 2.70. The molecule has 3 aromatic carbocycles. The Hall–Kier alpha value is -2.54. The highest BCUT2D eigenvalue weighted by molar-refractivity contribution is 6.11. The molecular formula is C20H17N. The van der Waals surface area contributed by atoms with E-state index in [4.69, 9.17) is 0 Å². The lowest BCUT2D eigenvalue weighted by Crippen LogP contribution is -1.93. The van der Waals surface area contributed by atoms with Crippen molar-refractivity contribution in [3.8, 4) is 5.69 Å². The number of hydrogen-bond donors (Lipinski definition) is 0. The molecular weight excluding hydrogens is 254 g/mol. The molecule has 4 aromatic rings. The number of aryl methyl sites for hydroxylation is 2. The zero-order valence-electron chi connectivity index (χ0n) is 12.3. The number of aromatic nitrogens is 1. The summed E-state index contributed by atoms with van der Waals surface area (Å²) >= 11 is 0. The summed E-state index contributed by atoms with van der Waals surface area (Å²) in [6.07, 6.45) is 0. The van der Waals surface area contributed by atoms with Gasteiger partial charge in [0.15, 0.2) is 0 Å². The maximum Gasteiger partial charge on any atom is 0.0543 e. The molecule has 0 saturated carbocycles. The number of fused-ring (bicyclic) bond motifs is 3. The minimum absolute atomic E-state index is 1.21. The summed E-state index contributed by atoms with van der Waals surface area (Å²) in [5.41, 5.74) is 6.49. The second-order valence-corrected chi connectivity index (χ2v) is 5.59. The fourth-order valence-corrected chi connectivity index (χ4v) is 3.19. The summed E-state index contributed by atoms with van der Waals surface area (Å²) in [7, 11) is 0. The molecule has 0 aliphatic heterocycles. The van der Waals surface area contributed by atoms with Gasteiger partial charge in [-0.3, -0.25) is 0 Å². The molecule has 0 fully saturated rings. The van der Waals surface area contributed by atoms with Crippen LogP contribution >= 0.6 is 0 Å². The molecule has 0 atom stereocenters. The van der Waals surface area contributed by atoms with Crippen LogP contribution in [-0.4, -0.2) is 4.57 Å². The first kappa shape index (κ1) is 12.2. The van der Waals surface area contributed by atoms with E-state index < -0.39 is 0 Å². The van der Waals surface area contributed by atoms with Crippen LogP contribution < -0.4 is 0 Å². The normalized spacial score (nSPS) is 11.3. The predicted molar refractivity (Wildman–Crippen MR) is 90.3 cm³/mol. The van der Waals surface area contributed by atoms with Gasteiger partial charge in [0.1, 0.15) is 0 Å². The maximum absolute atomic E-state index is 2.36. The lowest BCUT2D eigenvalue weighted by Gasteiger charge is -2.08. The highest BCUT2D eigenvalue weighted by Crippen LogP contribution is 2.34. The predicted octanol–water partition coefficient (Wildman–Crippen LogP) is 5.40. The molecule has 102 valence electrons. The molecule has 0 amide bonds. The van der Waals surface area contributed by atoms with E-state index in [0.29, 0.717) is 0 Å². The summed E-state index contributed by atoms with van der Waals surface area (Å²) in [6.45, 7) is 4.41. The Balaban J connectivity index is 2.26. The van der Waals surface area contributed by atoms with Crippen LogP contribution in [0.2, 0.25) is 0 Å². The van der Waals surface area contributed by atoms with Gasteiger partial charge >= 0.3 is 0 Å². The zero-order valence-corrected chi connectivity index (χ0v) is 12.3. The first-order valence-corrected chi connectivity index (χ1v) is 7.32. The van der Waals surface area contributed by atoms with Gasteiger partial charge in [-0.15, -0.1) is 0 Å². The van der Waals surface area contributed by atoms with Crippen molar-refractivity contribution >= 4 is 21.8 Å². The third-order valence-corrected chi connectivity index (χ3v) is 4.38. The molecule has 1 nitrogen and oxygen atoms in total. The monoisotopic (exact) mass is 271 g/mol. The van der Waals surface area contributed by atoms with Gasteiger partial charge in [-0.25, -0.2) is 0 Å². The first-order valence-electron chi connectivity index (χ1n) is 7.32. The van der Waals surface area contributed by atoms with Gasteiger partial charge in [0.2, 0.25) is 0 Å². The summed E-state index contributed by atoms with van der Waals surface area (Å²) in [4.78, 5) is 0. The van der Waals surface area contributed by atoms with Crippen molar-refractivity contribution in [1.82, 2.24) is 4.57 Å². The third kappa shape index (κ3) is 1.71. The van der Waals surface area contributed by atoms with Gasteiger partial charge in [0.05, 0.1) is 11.0 Å². The Bertz CT molecular complexity index is 946. The van der Waals surface area contributed by atoms with Crippen LogP contribution in [0.5, 0.6) is 0 Å². The van der Waals surface area contributed by atoms with Gasteiger partial charge in [-0.1, -0.05) is 42.5 Å². The zero-order chi connectivity index (χ0) is 14.4. The second-order valence-electron chi connectivity index (χ2n) is 5.59. The topological polar surface area (TPSA) is 4.93 Å². The van der Waals surface area contributed by atoms with E-state index in [1.54, 1.807) is 0 Å². The van der Waals surface area contributed by atoms with E-state index in [1.807, 2.05) is 0 Å². The van der Waals surface area contributed by atoms with Crippen molar-refractivity contribution in [2.45, 2.75) is 13.8 Å². The molecule has 0 unspecified atom stereocenters. The molecule has 0 aliphatic rings. The molecule has 0 aliphatic carbocycles. The maximum atomic E-state index is 2.36. The van der Waals surface area contributed by atoms with Crippen molar-refractivity contribution < 1.29 is 0 Å². The minimum atomic E-state index is 1.21. The van der Waals surface area contributed by atoms with Crippen LogP contribution in [0, 0.1) is 13.8 Å². The summed E-state index contributed by atoms with van der Waals surface area (Å²) in [5.74, 6) is 0. The van der Waals surface area contributed by atoms with Crippen molar-refractivity contribution in [3.05, 3.63) is 77.9 Å². The number of rotatable bonds is 1. The Kier molecular flexibility index (Phi) is 2.61. The molecule has 1 heterocycles. The Morgan fingerprint density at radius 1 is 0.667 bits per heavy atom. The van der Waals surface area contributed by atoms with Crippen LogP contribution in [0.4, 0.5) is 0 Å². The van der Waals surface area contributed by atoms with Crippen LogP contribution in [0.3, 0.4) is 0 Å². The number of nitrogens with zero attached hydrogens (tertiary/aromatic N) is 1. The molecule has 1 aromatic heterocycles. The van der Waals surface area contributed by atoms with E-state index in [-0.39, 0.29) is 0 Å². The number of hydrogen-bond acceptors (Lipinski definition) is 0. The van der Waals surface area contributed by atoms with E-state index in [9.17, 15) is 0 Å². The van der Waals surface area contributed by atoms with Crippen molar-refractivity contribution in [2.24, 2.45) is 0 Å². The van der Waals surface area contributed by atoms with Gasteiger partial charge in [-0.05, 0) is 49.2 Å². The Morgan fingerprint density at radius 3 is 2.19 bits per heavy atom. The van der Waals surface area contributed by atoms with Crippen molar-refractivity contribution in [2.75, 3.05) is 0 Å². The molecule has 0 N–H and O–H groups in total. The molecule has 0 bridgehead atoms. The number of para-hydroxylation sites is 2. The average molecular weight is 271 g/mol. The molecule has 0 spiro atoms. The minimum Gasteiger partial charge on any atom is -0.309 e. The lowest BCUT2D eigenvalue weighted by atomic mass is 10.0. The van der Waals surface area contributed by atoms with Crippen LogP contribution in [0.25, 0.3) is 27.5 Å². The average Bonchev–Trinajstić information content (AvgIpc) is 2.87. The van der Waals surface area contributed by atoms with Crippen LogP contribution in [0.15, 0.2) is 66.7 Å². The quantitative estimate of drug-likeness (QED) is 0.437.